The quantitative estimate of drug-likeness (QED) is 0.181. The van der Waals surface area contributed by atoms with E-state index in [2.05, 4.69) is 132 Å². The van der Waals surface area contributed by atoms with Crippen molar-refractivity contribution in [3.05, 3.63) is 139 Å². The number of para-hydroxylation sites is 1. The highest BCUT2D eigenvalue weighted by Gasteiger charge is 2.21. The smallest absolute Gasteiger partial charge is 0.135 e. The number of benzene rings is 7. The molecule has 1 aliphatic rings. The van der Waals surface area contributed by atoms with Crippen molar-refractivity contribution < 1.29 is 4.42 Å². The Morgan fingerprint density at radius 3 is 2.11 bits per heavy atom. The van der Waals surface area contributed by atoms with E-state index in [1.165, 1.54) is 85.1 Å². The molecule has 0 atom stereocenters. The van der Waals surface area contributed by atoms with Crippen LogP contribution in [0.15, 0.2) is 138 Å². The third kappa shape index (κ3) is 4.37. The van der Waals surface area contributed by atoms with Crippen LogP contribution in [0.4, 0.5) is 17.1 Å². The summed E-state index contributed by atoms with van der Waals surface area (Å²) in [4.78, 5) is 2.44. The molecule has 226 valence electrons. The van der Waals surface area contributed by atoms with Crippen LogP contribution in [0.1, 0.15) is 43.6 Å². The maximum absolute atomic E-state index is 6.24. The van der Waals surface area contributed by atoms with E-state index in [4.69, 9.17) is 4.42 Å². The fraction of sp³-hybridized carbons (Fsp3) is 0.136. The number of anilines is 3. The molecule has 2 aromatic heterocycles. The molecule has 1 aliphatic carbocycles. The van der Waals surface area contributed by atoms with Gasteiger partial charge in [0.1, 0.15) is 11.2 Å². The summed E-state index contributed by atoms with van der Waals surface area (Å²) in [6, 6.07) is 49.3. The molecule has 0 amide bonds. The number of hydrogen-bond acceptors (Lipinski definition) is 3. The first-order chi connectivity index (χ1) is 23.3. The first-order valence-corrected chi connectivity index (χ1v) is 17.7. The van der Waals surface area contributed by atoms with Gasteiger partial charge in [0.25, 0.3) is 0 Å². The van der Waals surface area contributed by atoms with Gasteiger partial charge in [-0.3, -0.25) is 0 Å². The minimum atomic E-state index is 0.709. The predicted molar refractivity (Wildman–Crippen MR) is 202 cm³/mol. The lowest BCUT2D eigenvalue weighted by Gasteiger charge is -2.26. The van der Waals surface area contributed by atoms with E-state index in [0.29, 0.717) is 5.92 Å². The number of hydrogen-bond donors (Lipinski definition) is 0. The van der Waals surface area contributed by atoms with Gasteiger partial charge < -0.3 is 9.32 Å². The van der Waals surface area contributed by atoms with Crippen LogP contribution >= 0.6 is 11.3 Å². The van der Waals surface area contributed by atoms with E-state index < -0.39 is 0 Å². The topological polar surface area (TPSA) is 16.4 Å². The molecule has 0 N–H and O–H groups in total. The highest BCUT2D eigenvalue weighted by molar-refractivity contribution is 7.26. The normalized spacial score (nSPS) is 14.3. The van der Waals surface area contributed by atoms with Gasteiger partial charge in [0.2, 0.25) is 0 Å². The highest BCUT2D eigenvalue weighted by Crippen LogP contribution is 2.46. The van der Waals surface area contributed by atoms with Crippen molar-refractivity contribution in [3.63, 3.8) is 0 Å². The Bertz CT molecular complexity index is 2640. The first kappa shape index (κ1) is 27.0. The van der Waals surface area contributed by atoms with Gasteiger partial charge in [-0.2, -0.15) is 0 Å². The van der Waals surface area contributed by atoms with Crippen molar-refractivity contribution in [2.24, 2.45) is 0 Å². The Balaban J connectivity index is 1.17. The number of rotatable bonds is 4. The van der Waals surface area contributed by atoms with E-state index in [1.807, 2.05) is 17.4 Å². The number of nitrogens with zero attached hydrogens (tertiary/aromatic N) is 1. The molecule has 0 spiro atoms. The minimum Gasteiger partial charge on any atom is -0.456 e. The predicted octanol–water partition coefficient (Wildman–Crippen LogP) is 13.8. The van der Waals surface area contributed by atoms with Crippen LogP contribution < -0.4 is 4.90 Å². The van der Waals surface area contributed by atoms with Crippen molar-refractivity contribution in [3.8, 4) is 0 Å². The van der Waals surface area contributed by atoms with E-state index in [1.54, 1.807) is 0 Å². The van der Waals surface area contributed by atoms with E-state index in [9.17, 15) is 0 Å². The van der Waals surface area contributed by atoms with Gasteiger partial charge in [-0.15, -0.1) is 11.3 Å². The standard InChI is InChI=1S/C44H33NOS/c1-2-9-28(10-3-1)29-19-22-34-30(25-29)17-18-31-26-32(20-23-35(31)34)45(33-21-24-42-39(27-33)36-11-4-6-15-41(36)46-42)40-14-8-13-38-37-12-5-7-16-43(37)47-44(38)40/h4-8,11-28H,1-3,9-10H2. The molecule has 0 saturated heterocycles. The molecule has 47 heavy (non-hydrogen) atoms. The Morgan fingerprint density at radius 1 is 0.511 bits per heavy atom. The molecule has 3 heteroatoms. The lowest BCUT2D eigenvalue weighted by Crippen LogP contribution is -2.10. The SMILES string of the molecule is c1ccc2c(c1)oc1ccc(N(c3ccc4c(ccc5cc(C6CCCCC6)ccc54)c3)c3cccc4c3sc3ccccc34)cc12. The van der Waals surface area contributed by atoms with E-state index in [0.717, 1.165) is 33.3 Å². The monoisotopic (exact) mass is 623 g/mol. The van der Waals surface area contributed by atoms with Crippen LogP contribution in [0.25, 0.3) is 63.7 Å². The number of fused-ring (bicyclic) bond motifs is 9. The van der Waals surface area contributed by atoms with Crippen LogP contribution in [0, 0.1) is 0 Å². The van der Waals surface area contributed by atoms with Crippen LogP contribution in [0.5, 0.6) is 0 Å². The van der Waals surface area contributed by atoms with Crippen molar-refractivity contribution in [1.29, 1.82) is 0 Å². The zero-order valence-corrected chi connectivity index (χ0v) is 26.9. The Labute approximate surface area is 277 Å². The molecule has 2 heterocycles. The number of thiophene rings is 1. The van der Waals surface area contributed by atoms with Crippen LogP contribution in [0.2, 0.25) is 0 Å². The van der Waals surface area contributed by atoms with Crippen molar-refractivity contribution in [1.82, 2.24) is 0 Å². The summed E-state index contributed by atoms with van der Waals surface area (Å²) in [5, 5.41) is 10.1. The summed E-state index contributed by atoms with van der Waals surface area (Å²) in [6.07, 6.45) is 6.76. The average Bonchev–Trinajstić information content (AvgIpc) is 3.70. The summed E-state index contributed by atoms with van der Waals surface area (Å²) >= 11 is 1.87. The van der Waals surface area contributed by atoms with Crippen molar-refractivity contribution in [2.45, 2.75) is 38.0 Å². The summed E-state index contributed by atoms with van der Waals surface area (Å²) < 4.78 is 8.84. The van der Waals surface area contributed by atoms with Gasteiger partial charge in [-0.25, -0.2) is 0 Å². The van der Waals surface area contributed by atoms with Gasteiger partial charge in [-0.05, 0) is 94.4 Å². The molecule has 1 fully saturated rings. The highest BCUT2D eigenvalue weighted by atomic mass is 32.1. The molecule has 9 aromatic rings. The Kier molecular flexibility index (Phi) is 6.17. The second-order valence-electron chi connectivity index (χ2n) is 13.2. The molecule has 0 bridgehead atoms. The molecule has 10 rings (SSSR count). The zero-order valence-electron chi connectivity index (χ0n) is 26.1. The molecule has 0 radical (unpaired) electrons. The second kappa shape index (κ2) is 10.7. The zero-order chi connectivity index (χ0) is 30.9. The minimum absolute atomic E-state index is 0.709. The first-order valence-electron chi connectivity index (χ1n) is 16.9. The molecular weight excluding hydrogens is 591 g/mol. The van der Waals surface area contributed by atoms with Gasteiger partial charge in [0.15, 0.2) is 0 Å². The molecular formula is C44H33NOS. The average molecular weight is 624 g/mol. The fourth-order valence-corrected chi connectivity index (χ4v) is 9.30. The van der Waals surface area contributed by atoms with E-state index >= 15 is 0 Å². The third-order valence-corrected chi connectivity index (χ3v) is 11.6. The summed E-state index contributed by atoms with van der Waals surface area (Å²) in [7, 11) is 0. The molecule has 2 nitrogen and oxygen atoms in total. The Hall–Kier alpha value is -5.12. The molecule has 0 unspecified atom stereocenters. The third-order valence-electron chi connectivity index (χ3n) is 10.4. The molecule has 7 aromatic carbocycles. The van der Waals surface area contributed by atoms with Gasteiger partial charge in [-0.1, -0.05) is 104 Å². The molecule has 1 saturated carbocycles. The lowest BCUT2D eigenvalue weighted by atomic mass is 9.83. The van der Waals surface area contributed by atoms with Gasteiger partial charge >= 0.3 is 0 Å². The maximum atomic E-state index is 6.24. The summed E-state index contributed by atoms with van der Waals surface area (Å²) in [5.74, 6) is 0.709. The van der Waals surface area contributed by atoms with Gasteiger partial charge in [0.05, 0.1) is 10.4 Å². The van der Waals surface area contributed by atoms with Crippen LogP contribution in [-0.2, 0) is 0 Å². The number of furan rings is 1. The van der Waals surface area contributed by atoms with Crippen LogP contribution in [-0.4, -0.2) is 0 Å². The second-order valence-corrected chi connectivity index (χ2v) is 14.2. The lowest BCUT2D eigenvalue weighted by molar-refractivity contribution is 0.444. The van der Waals surface area contributed by atoms with Crippen molar-refractivity contribution >= 4 is 92.1 Å². The van der Waals surface area contributed by atoms with Crippen molar-refractivity contribution in [2.75, 3.05) is 4.90 Å². The summed E-state index contributed by atoms with van der Waals surface area (Å²) in [5.41, 5.74) is 6.79. The fourth-order valence-electron chi connectivity index (χ4n) is 8.09. The summed E-state index contributed by atoms with van der Waals surface area (Å²) in [6.45, 7) is 0. The maximum Gasteiger partial charge on any atom is 0.135 e. The van der Waals surface area contributed by atoms with Crippen LogP contribution in [0.3, 0.4) is 0 Å². The van der Waals surface area contributed by atoms with Gasteiger partial charge in [0, 0.05) is 37.6 Å². The van der Waals surface area contributed by atoms with E-state index in [-0.39, 0.29) is 0 Å². The molecule has 0 aliphatic heterocycles. The Morgan fingerprint density at radius 2 is 1.21 bits per heavy atom. The largest absolute Gasteiger partial charge is 0.456 e.